The molecule has 4 aromatic heterocycles. The molecule has 11 aromatic rings. The SMILES string of the molecule is c1ccc(-c2cc(-c3ccc(-c4ccc5oc6ccccc6c5c4)c4oc5ccccc5c34)nc(-c3ccc(-c4cccc5cccnc45)cc3)n2)cc1. The van der Waals surface area contributed by atoms with Gasteiger partial charge in [0.2, 0.25) is 0 Å². The standard InChI is InChI=1S/C49H29N3O2/c1-2-10-31(11-3-1)41-29-42(52-49(51-41)33-21-19-30(20-22-33)35-16-8-12-32-13-9-27-50-47(32)35)38-25-24-36(48-46(38)39-15-5-7-18-44(39)54-48)34-23-26-45-40(28-34)37-14-4-6-17-43(37)53-45/h1-29H. The van der Waals surface area contributed by atoms with Gasteiger partial charge in [0.25, 0.3) is 0 Å². The van der Waals surface area contributed by atoms with Crippen molar-refractivity contribution in [2.45, 2.75) is 0 Å². The van der Waals surface area contributed by atoms with Crippen LogP contribution >= 0.6 is 0 Å². The summed E-state index contributed by atoms with van der Waals surface area (Å²) in [6.07, 6.45) is 1.84. The van der Waals surface area contributed by atoms with Crippen LogP contribution in [-0.2, 0) is 0 Å². The van der Waals surface area contributed by atoms with Gasteiger partial charge in [-0.2, -0.15) is 0 Å². The highest BCUT2D eigenvalue weighted by Gasteiger charge is 2.20. The normalized spacial score (nSPS) is 11.7. The molecule has 0 fully saturated rings. The molecule has 0 aliphatic heterocycles. The molecular weight excluding hydrogens is 663 g/mol. The van der Waals surface area contributed by atoms with Crippen molar-refractivity contribution >= 4 is 54.8 Å². The Balaban J connectivity index is 1.10. The summed E-state index contributed by atoms with van der Waals surface area (Å²) in [6.45, 7) is 0. The van der Waals surface area contributed by atoms with Gasteiger partial charge in [0.05, 0.1) is 16.9 Å². The average Bonchev–Trinajstić information content (AvgIpc) is 3.82. The second-order valence-corrected chi connectivity index (χ2v) is 13.6. The van der Waals surface area contributed by atoms with Gasteiger partial charge < -0.3 is 8.83 Å². The number of fused-ring (bicyclic) bond motifs is 7. The quantitative estimate of drug-likeness (QED) is 0.180. The molecule has 0 bridgehead atoms. The maximum Gasteiger partial charge on any atom is 0.160 e. The lowest BCUT2D eigenvalue weighted by Gasteiger charge is -2.12. The molecule has 4 heterocycles. The summed E-state index contributed by atoms with van der Waals surface area (Å²) in [7, 11) is 0. The monoisotopic (exact) mass is 691 g/mol. The van der Waals surface area contributed by atoms with E-state index >= 15 is 0 Å². The number of hydrogen-bond acceptors (Lipinski definition) is 5. The van der Waals surface area contributed by atoms with Crippen LogP contribution in [0.5, 0.6) is 0 Å². The number of rotatable bonds is 5. The summed E-state index contributed by atoms with van der Waals surface area (Å²) >= 11 is 0. The number of nitrogens with zero attached hydrogens (tertiary/aromatic N) is 3. The molecular formula is C49H29N3O2. The topological polar surface area (TPSA) is 65.0 Å². The molecule has 0 radical (unpaired) electrons. The zero-order valence-electron chi connectivity index (χ0n) is 28.9. The molecule has 0 saturated carbocycles. The van der Waals surface area contributed by atoms with Crippen molar-refractivity contribution in [1.29, 1.82) is 0 Å². The van der Waals surface area contributed by atoms with E-state index in [1.54, 1.807) is 0 Å². The van der Waals surface area contributed by atoms with Gasteiger partial charge in [0, 0.05) is 60.9 Å². The predicted octanol–water partition coefficient (Wildman–Crippen LogP) is 13.2. The van der Waals surface area contributed by atoms with Crippen LogP contribution in [0.1, 0.15) is 0 Å². The van der Waals surface area contributed by atoms with E-state index in [4.69, 9.17) is 18.8 Å². The fraction of sp³-hybridized carbons (Fsp3) is 0. The van der Waals surface area contributed by atoms with Gasteiger partial charge in [0.15, 0.2) is 5.82 Å². The highest BCUT2D eigenvalue weighted by molar-refractivity contribution is 6.17. The number of para-hydroxylation sites is 3. The number of aromatic nitrogens is 3. The van der Waals surface area contributed by atoms with Crippen LogP contribution in [0.3, 0.4) is 0 Å². The molecule has 0 amide bonds. The summed E-state index contributed by atoms with van der Waals surface area (Å²) in [6, 6.07) is 58.3. The van der Waals surface area contributed by atoms with E-state index in [2.05, 4.69) is 120 Å². The van der Waals surface area contributed by atoms with Crippen LogP contribution in [0.25, 0.3) is 111 Å². The third-order valence-corrected chi connectivity index (χ3v) is 10.4. The predicted molar refractivity (Wildman–Crippen MR) is 219 cm³/mol. The smallest absolute Gasteiger partial charge is 0.160 e. The van der Waals surface area contributed by atoms with Crippen molar-refractivity contribution in [3.63, 3.8) is 0 Å². The second-order valence-electron chi connectivity index (χ2n) is 13.6. The van der Waals surface area contributed by atoms with E-state index in [9.17, 15) is 0 Å². The number of furan rings is 2. The first-order valence-electron chi connectivity index (χ1n) is 18.0. The molecule has 7 aromatic carbocycles. The lowest BCUT2D eigenvalue weighted by Crippen LogP contribution is -1.96. The van der Waals surface area contributed by atoms with Crippen LogP contribution in [0.2, 0.25) is 0 Å². The fourth-order valence-corrected chi connectivity index (χ4v) is 7.77. The van der Waals surface area contributed by atoms with E-state index in [-0.39, 0.29) is 0 Å². The van der Waals surface area contributed by atoms with Crippen LogP contribution in [0.4, 0.5) is 0 Å². The summed E-state index contributed by atoms with van der Waals surface area (Å²) in [4.78, 5) is 15.1. The molecule has 0 aliphatic rings. The minimum absolute atomic E-state index is 0.649. The van der Waals surface area contributed by atoms with Crippen LogP contribution in [0.15, 0.2) is 185 Å². The van der Waals surface area contributed by atoms with E-state index in [0.29, 0.717) is 5.82 Å². The van der Waals surface area contributed by atoms with Gasteiger partial charge in [-0.3, -0.25) is 4.98 Å². The Morgan fingerprint density at radius 2 is 1.07 bits per heavy atom. The largest absolute Gasteiger partial charge is 0.456 e. The lowest BCUT2D eigenvalue weighted by molar-refractivity contribution is 0.668. The Bertz CT molecular complexity index is 3210. The Morgan fingerprint density at radius 3 is 1.94 bits per heavy atom. The number of hydrogen-bond donors (Lipinski definition) is 0. The van der Waals surface area contributed by atoms with E-state index in [0.717, 1.165) is 105 Å². The lowest BCUT2D eigenvalue weighted by atomic mass is 9.95. The first kappa shape index (κ1) is 30.3. The Kier molecular flexibility index (Phi) is 6.79. The summed E-state index contributed by atoms with van der Waals surface area (Å²) in [5.74, 6) is 0.649. The maximum absolute atomic E-state index is 6.72. The summed E-state index contributed by atoms with van der Waals surface area (Å²) < 4.78 is 12.9. The van der Waals surface area contributed by atoms with Gasteiger partial charge in [-0.1, -0.05) is 127 Å². The van der Waals surface area contributed by atoms with Gasteiger partial charge in [-0.25, -0.2) is 9.97 Å². The third-order valence-electron chi connectivity index (χ3n) is 10.4. The average molecular weight is 692 g/mol. The van der Waals surface area contributed by atoms with Crippen molar-refractivity contribution in [3.8, 4) is 56.2 Å². The van der Waals surface area contributed by atoms with Crippen molar-refractivity contribution in [2.75, 3.05) is 0 Å². The van der Waals surface area contributed by atoms with Crippen molar-refractivity contribution in [2.24, 2.45) is 0 Å². The molecule has 54 heavy (non-hydrogen) atoms. The molecule has 0 atom stereocenters. The van der Waals surface area contributed by atoms with Gasteiger partial charge in [-0.05, 0) is 53.6 Å². The van der Waals surface area contributed by atoms with E-state index in [1.807, 2.05) is 60.8 Å². The molecule has 0 N–H and O–H groups in total. The fourth-order valence-electron chi connectivity index (χ4n) is 7.77. The molecule has 252 valence electrons. The van der Waals surface area contributed by atoms with E-state index in [1.165, 1.54) is 0 Å². The van der Waals surface area contributed by atoms with Crippen LogP contribution in [0, 0.1) is 0 Å². The molecule has 0 saturated heterocycles. The zero-order valence-corrected chi connectivity index (χ0v) is 28.9. The molecule has 5 nitrogen and oxygen atoms in total. The minimum atomic E-state index is 0.649. The van der Waals surface area contributed by atoms with Crippen molar-refractivity contribution < 1.29 is 8.83 Å². The minimum Gasteiger partial charge on any atom is -0.456 e. The van der Waals surface area contributed by atoms with Gasteiger partial charge in [0.1, 0.15) is 22.3 Å². The summed E-state index contributed by atoms with van der Waals surface area (Å²) in [5.41, 5.74) is 13.2. The molecule has 0 unspecified atom stereocenters. The van der Waals surface area contributed by atoms with Crippen LogP contribution < -0.4 is 0 Å². The second kappa shape index (κ2) is 12.1. The Hall–Kier alpha value is -7.37. The van der Waals surface area contributed by atoms with Gasteiger partial charge in [-0.15, -0.1) is 0 Å². The highest BCUT2D eigenvalue weighted by atomic mass is 16.3. The maximum atomic E-state index is 6.72. The zero-order chi connectivity index (χ0) is 35.6. The van der Waals surface area contributed by atoms with Gasteiger partial charge >= 0.3 is 0 Å². The van der Waals surface area contributed by atoms with Crippen molar-refractivity contribution in [1.82, 2.24) is 15.0 Å². The number of pyridine rings is 1. The first-order chi connectivity index (χ1) is 26.7. The Labute approximate surface area is 309 Å². The molecule has 0 aliphatic carbocycles. The summed E-state index contributed by atoms with van der Waals surface area (Å²) in [5, 5.41) is 5.33. The molecule has 11 rings (SSSR count). The first-order valence-corrected chi connectivity index (χ1v) is 18.0. The highest BCUT2D eigenvalue weighted by Crippen LogP contribution is 2.43. The van der Waals surface area contributed by atoms with Crippen LogP contribution in [-0.4, -0.2) is 15.0 Å². The molecule has 5 heteroatoms. The van der Waals surface area contributed by atoms with E-state index < -0.39 is 0 Å². The molecule has 0 spiro atoms. The third kappa shape index (κ3) is 4.90. The van der Waals surface area contributed by atoms with Crippen molar-refractivity contribution in [3.05, 3.63) is 176 Å². The number of benzene rings is 7. The Morgan fingerprint density at radius 1 is 0.389 bits per heavy atom.